The predicted molar refractivity (Wildman–Crippen MR) is 94.2 cm³/mol. The molecule has 0 saturated carbocycles. The smallest absolute Gasteiger partial charge is 0.142 e. The molecule has 21 heavy (non-hydrogen) atoms. The van der Waals surface area contributed by atoms with E-state index in [-0.39, 0.29) is 0 Å². The first-order valence-electron chi connectivity index (χ1n) is 6.56. The maximum atomic E-state index is 6.06. The Morgan fingerprint density at radius 1 is 1.29 bits per heavy atom. The molecule has 0 saturated heterocycles. The molecule has 1 N–H and O–H groups in total. The molecule has 1 aromatic heterocycles. The molecule has 0 aliphatic rings. The number of nitrogens with zero attached hydrogens (tertiary/aromatic N) is 1. The van der Waals surface area contributed by atoms with Gasteiger partial charge in [0.15, 0.2) is 0 Å². The zero-order valence-electron chi connectivity index (χ0n) is 11.5. The van der Waals surface area contributed by atoms with Crippen molar-refractivity contribution in [3.05, 3.63) is 50.1 Å². The second-order valence-corrected chi connectivity index (χ2v) is 6.63. The van der Waals surface area contributed by atoms with Gasteiger partial charge in [0, 0.05) is 20.2 Å². The van der Waals surface area contributed by atoms with Crippen LogP contribution in [0.4, 0.5) is 5.69 Å². The molecule has 0 amide bonds. The summed E-state index contributed by atoms with van der Waals surface area (Å²) in [5, 5.41) is 3.99. The maximum Gasteiger partial charge on any atom is 0.142 e. The van der Waals surface area contributed by atoms with Crippen molar-refractivity contribution in [2.75, 3.05) is 11.9 Å². The van der Waals surface area contributed by atoms with E-state index in [9.17, 15) is 0 Å². The highest BCUT2D eigenvalue weighted by Gasteiger charge is 2.07. The van der Waals surface area contributed by atoms with Crippen LogP contribution in [0.2, 0.25) is 5.02 Å². The van der Waals surface area contributed by atoms with Crippen LogP contribution in [0.1, 0.15) is 19.0 Å². The highest BCUT2D eigenvalue weighted by molar-refractivity contribution is 9.11. The molecule has 3 nitrogen and oxygen atoms in total. The van der Waals surface area contributed by atoms with E-state index >= 15 is 0 Å². The van der Waals surface area contributed by atoms with E-state index in [2.05, 4.69) is 49.1 Å². The van der Waals surface area contributed by atoms with E-state index in [1.165, 1.54) is 0 Å². The van der Waals surface area contributed by atoms with Crippen LogP contribution in [0, 0.1) is 0 Å². The summed E-state index contributed by atoms with van der Waals surface area (Å²) in [7, 11) is 0. The van der Waals surface area contributed by atoms with Crippen LogP contribution >= 0.6 is 43.5 Å². The third kappa shape index (κ3) is 4.87. The number of nitrogens with one attached hydrogen (secondary N) is 1. The van der Waals surface area contributed by atoms with Crippen molar-refractivity contribution in [2.45, 2.75) is 19.9 Å². The number of pyridine rings is 1. The number of halogens is 3. The average molecular weight is 435 g/mol. The van der Waals surface area contributed by atoms with Gasteiger partial charge in [0.05, 0.1) is 24.5 Å². The Labute approximate surface area is 146 Å². The minimum absolute atomic E-state index is 0.580. The molecular formula is C15H15Br2ClN2O. The lowest BCUT2D eigenvalue weighted by Crippen LogP contribution is -2.05. The highest BCUT2D eigenvalue weighted by Crippen LogP contribution is 2.29. The summed E-state index contributed by atoms with van der Waals surface area (Å²) >= 11 is 13.0. The Morgan fingerprint density at radius 2 is 2.10 bits per heavy atom. The van der Waals surface area contributed by atoms with Gasteiger partial charge in [0.1, 0.15) is 5.75 Å². The SMILES string of the molecule is CCCOc1ccc(Cl)cc1NCc1ncc(Br)cc1Br. The van der Waals surface area contributed by atoms with Gasteiger partial charge < -0.3 is 10.1 Å². The summed E-state index contributed by atoms with van der Waals surface area (Å²) in [6, 6.07) is 7.53. The van der Waals surface area contributed by atoms with Crippen molar-refractivity contribution >= 4 is 49.1 Å². The van der Waals surface area contributed by atoms with E-state index in [1.807, 2.05) is 24.3 Å². The van der Waals surface area contributed by atoms with Gasteiger partial charge >= 0.3 is 0 Å². The van der Waals surface area contributed by atoms with Crippen LogP contribution < -0.4 is 10.1 Å². The normalized spacial score (nSPS) is 10.5. The van der Waals surface area contributed by atoms with Crippen molar-refractivity contribution < 1.29 is 4.74 Å². The first-order valence-corrected chi connectivity index (χ1v) is 8.52. The van der Waals surface area contributed by atoms with Crippen molar-refractivity contribution in [2.24, 2.45) is 0 Å². The topological polar surface area (TPSA) is 34.1 Å². The van der Waals surface area contributed by atoms with E-state index in [0.717, 1.165) is 32.5 Å². The molecule has 112 valence electrons. The second-order valence-electron chi connectivity index (χ2n) is 4.42. The fourth-order valence-electron chi connectivity index (χ4n) is 1.73. The second kappa shape index (κ2) is 8.01. The van der Waals surface area contributed by atoms with Crippen molar-refractivity contribution in [1.82, 2.24) is 4.98 Å². The molecular weight excluding hydrogens is 419 g/mol. The fraction of sp³-hybridized carbons (Fsp3) is 0.267. The van der Waals surface area contributed by atoms with E-state index in [1.54, 1.807) is 6.20 Å². The highest BCUT2D eigenvalue weighted by atomic mass is 79.9. The average Bonchev–Trinajstić information content (AvgIpc) is 2.45. The monoisotopic (exact) mass is 432 g/mol. The van der Waals surface area contributed by atoms with Crippen LogP contribution in [0.15, 0.2) is 39.4 Å². The molecule has 1 heterocycles. The zero-order chi connectivity index (χ0) is 15.2. The summed E-state index contributed by atoms with van der Waals surface area (Å²) in [5.74, 6) is 0.800. The number of hydrogen-bond donors (Lipinski definition) is 1. The molecule has 0 aliphatic carbocycles. The van der Waals surface area contributed by atoms with E-state index in [4.69, 9.17) is 16.3 Å². The lowest BCUT2D eigenvalue weighted by atomic mass is 10.2. The van der Waals surface area contributed by atoms with Gasteiger partial charge in [0.25, 0.3) is 0 Å². The van der Waals surface area contributed by atoms with Gasteiger partial charge in [-0.2, -0.15) is 0 Å². The summed E-state index contributed by atoms with van der Waals surface area (Å²) in [6.45, 7) is 3.33. The summed E-state index contributed by atoms with van der Waals surface area (Å²) in [5.41, 5.74) is 1.78. The van der Waals surface area contributed by atoms with E-state index in [0.29, 0.717) is 18.2 Å². The Hall–Kier alpha value is -0.780. The van der Waals surface area contributed by atoms with Gasteiger partial charge in [-0.3, -0.25) is 4.98 Å². The molecule has 2 aromatic rings. The zero-order valence-corrected chi connectivity index (χ0v) is 15.4. The number of ether oxygens (including phenoxy) is 1. The standard InChI is InChI=1S/C15H15Br2ClN2O/c1-2-5-21-15-4-3-11(18)7-13(15)20-9-14-12(17)6-10(16)8-19-14/h3-4,6-8,20H,2,5,9H2,1H3. The van der Waals surface area contributed by atoms with Crippen molar-refractivity contribution in [1.29, 1.82) is 0 Å². The molecule has 0 aliphatic heterocycles. The molecule has 0 bridgehead atoms. The quantitative estimate of drug-likeness (QED) is 0.637. The third-order valence-electron chi connectivity index (χ3n) is 2.73. The van der Waals surface area contributed by atoms with Crippen LogP contribution in [0.5, 0.6) is 5.75 Å². The Kier molecular flexibility index (Phi) is 6.33. The molecule has 0 fully saturated rings. The third-order valence-corrected chi connectivity index (χ3v) is 4.09. The number of hydrogen-bond acceptors (Lipinski definition) is 3. The molecule has 1 aromatic carbocycles. The van der Waals surface area contributed by atoms with Crippen LogP contribution in [0.3, 0.4) is 0 Å². The first-order chi connectivity index (χ1) is 10.1. The number of anilines is 1. The maximum absolute atomic E-state index is 6.06. The van der Waals surface area contributed by atoms with E-state index < -0.39 is 0 Å². The molecule has 0 atom stereocenters. The predicted octanol–water partition coefficient (Wildman–Crippen LogP) is 5.66. The largest absolute Gasteiger partial charge is 0.491 e. The molecule has 2 rings (SSSR count). The number of rotatable bonds is 6. The van der Waals surface area contributed by atoms with Gasteiger partial charge in [-0.1, -0.05) is 18.5 Å². The Morgan fingerprint density at radius 3 is 2.81 bits per heavy atom. The molecule has 0 spiro atoms. The fourth-order valence-corrected chi connectivity index (χ4v) is 3.03. The van der Waals surface area contributed by atoms with Crippen LogP contribution in [-0.4, -0.2) is 11.6 Å². The minimum Gasteiger partial charge on any atom is -0.491 e. The molecule has 0 radical (unpaired) electrons. The minimum atomic E-state index is 0.580. The van der Waals surface area contributed by atoms with Crippen molar-refractivity contribution in [3.8, 4) is 5.75 Å². The summed E-state index contributed by atoms with van der Waals surface area (Å²) < 4.78 is 7.60. The number of benzene rings is 1. The molecule has 6 heteroatoms. The van der Waals surface area contributed by atoms with Gasteiger partial charge in [-0.15, -0.1) is 0 Å². The van der Waals surface area contributed by atoms with Crippen LogP contribution in [0.25, 0.3) is 0 Å². The molecule has 0 unspecified atom stereocenters. The van der Waals surface area contributed by atoms with Crippen LogP contribution in [-0.2, 0) is 6.54 Å². The van der Waals surface area contributed by atoms with Gasteiger partial charge in [-0.05, 0) is 62.5 Å². The first kappa shape index (κ1) is 16.6. The lowest BCUT2D eigenvalue weighted by molar-refractivity contribution is 0.319. The lowest BCUT2D eigenvalue weighted by Gasteiger charge is -2.13. The summed E-state index contributed by atoms with van der Waals surface area (Å²) in [6.07, 6.45) is 2.73. The summed E-state index contributed by atoms with van der Waals surface area (Å²) in [4.78, 5) is 4.38. The Balaban J connectivity index is 2.12. The number of aromatic nitrogens is 1. The van der Waals surface area contributed by atoms with Gasteiger partial charge in [0.2, 0.25) is 0 Å². The Bertz CT molecular complexity index is 623. The van der Waals surface area contributed by atoms with Crippen molar-refractivity contribution in [3.63, 3.8) is 0 Å². The van der Waals surface area contributed by atoms with Gasteiger partial charge in [-0.25, -0.2) is 0 Å².